The highest BCUT2D eigenvalue weighted by molar-refractivity contribution is 9.10. The summed E-state index contributed by atoms with van der Waals surface area (Å²) in [5, 5.41) is 2.72. The van der Waals surface area contributed by atoms with Crippen LogP contribution in [0.3, 0.4) is 0 Å². The lowest BCUT2D eigenvalue weighted by Gasteiger charge is -2.25. The van der Waals surface area contributed by atoms with E-state index in [9.17, 15) is 9.59 Å². The van der Waals surface area contributed by atoms with E-state index in [1.54, 1.807) is 23.1 Å². The van der Waals surface area contributed by atoms with Crippen LogP contribution in [0.2, 0.25) is 0 Å². The standard InChI is InChI=1S/C20H24BrN3O2/c1-23(2)11-12-24(15-16-7-4-3-5-8-16)19(25)14-22-20(26)17-9-6-10-18(21)13-17/h3-10,13H,11-12,14-15H2,1-2H3,(H,22,26). The smallest absolute Gasteiger partial charge is 0.251 e. The molecule has 2 aromatic rings. The van der Waals surface area contributed by atoms with E-state index in [0.29, 0.717) is 18.7 Å². The maximum atomic E-state index is 12.6. The summed E-state index contributed by atoms with van der Waals surface area (Å²) in [6.07, 6.45) is 0. The second kappa shape index (κ2) is 10.1. The molecular weight excluding hydrogens is 394 g/mol. The average Bonchev–Trinajstić information content (AvgIpc) is 2.63. The number of amides is 2. The van der Waals surface area contributed by atoms with Crippen LogP contribution in [0.4, 0.5) is 0 Å². The van der Waals surface area contributed by atoms with Gasteiger partial charge in [0.1, 0.15) is 0 Å². The third-order valence-electron chi connectivity index (χ3n) is 3.87. The fourth-order valence-corrected chi connectivity index (χ4v) is 2.82. The SMILES string of the molecule is CN(C)CCN(Cc1ccccc1)C(=O)CNC(=O)c1cccc(Br)c1. The van der Waals surface area contributed by atoms with E-state index < -0.39 is 0 Å². The van der Waals surface area contributed by atoms with Crippen molar-refractivity contribution >= 4 is 27.7 Å². The van der Waals surface area contributed by atoms with E-state index in [0.717, 1.165) is 16.6 Å². The average molecular weight is 418 g/mol. The van der Waals surface area contributed by atoms with Gasteiger partial charge in [0.05, 0.1) is 6.54 Å². The maximum Gasteiger partial charge on any atom is 0.251 e. The maximum absolute atomic E-state index is 12.6. The Kier molecular flexibility index (Phi) is 7.81. The van der Waals surface area contributed by atoms with Crippen LogP contribution in [0.5, 0.6) is 0 Å². The Morgan fingerprint density at radius 1 is 1.00 bits per heavy atom. The predicted octanol–water partition coefficient (Wildman–Crippen LogP) is 2.77. The van der Waals surface area contributed by atoms with Gasteiger partial charge in [0.25, 0.3) is 5.91 Å². The largest absolute Gasteiger partial charge is 0.343 e. The Hall–Kier alpha value is -2.18. The van der Waals surface area contributed by atoms with Gasteiger partial charge in [0.15, 0.2) is 0 Å². The molecule has 0 fully saturated rings. The number of nitrogens with one attached hydrogen (secondary N) is 1. The van der Waals surface area contributed by atoms with Crippen molar-refractivity contribution in [2.24, 2.45) is 0 Å². The van der Waals surface area contributed by atoms with Crippen molar-refractivity contribution in [2.75, 3.05) is 33.7 Å². The number of halogens is 1. The summed E-state index contributed by atoms with van der Waals surface area (Å²) in [5.41, 5.74) is 1.59. The van der Waals surface area contributed by atoms with Gasteiger partial charge in [-0.05, 0) is 37.9 Å². The van der Waals surface area contributed by atoms with Gasteiger partial charge in [-0.1, -0.05) is 52.3 Å². The van der Waals surface area contributed by atoms with Gasteiger partial charge in [0, 0.05) is 29.7 Å². The zero-order valence-corrected chi connectivity index (χ0v) is 16.7. The summed E-state index contributed by atoms with van der Waals surface area (Å²) in [6, 6.07) is 17.0. The molecule has 26 heavy (non-hydrogen) atoms. The molecule has 0 saturated carbocycles. The number of carbonyl (C=O) groups is 2. The van der Waals surface area contributed by atoms with Crippen molar-refractivity contribution in [3.63, 3.8) is 0 Å². The van der Waals surface area contributed by atoms with Crippen molar-refractivity contribution in [3.8, 4) is 0 Å². The van der Waals surface area contributed by atoms with Gasteiger partial charge in [0.2, 0.25) is 5.91 Å². The molecule has 2 aromatic carbocycles. The number of benzene rings is 2. The number of rotatable bonds is 8. The lowest BCUT2D eigenvalue weighted by Crippen LogP contribution is -2.42. The normalized spacial score (nSPS) is 10.6. The van der Waals surface area contributed by atoms with Crippen LogP contribution >= 0.6 is 15.9 Å². The predicted molar refractivity (Wildman–Crippen MR) is 107 cm³/mol. The molecule has 2 rings (SSSR count). The van der Waals surface area contributed by atoms with Crippen LogP contribution in [0.15, 0.2) is 59.1 Å². The third-order valence-corrected chi connectivity index (χ3v) is 4.37. The highest BCUT2D eigenvalue weighted by Crippen LogP contribution is 2.11. The summed E-state index contributed by atoms with van der Waals surface area (Å²) in [4.78, 5) is 28.7. The van der Waals surface area contributed by atoms with E-state index in [1.807, 2.05) is 55.4 Å². The van der Waals surface area contributed by atoms with Crippen LogP contribution in [0, 0.1) is 0 Å². The Bertz CT molecular complexity index is 735. The van der Waals surface area contributed by atoms with Crippen LogP contribution in [0.1, 0.15) is 15.9 Å². The molecule has 2 amide bonds. The van der Waals surface area contributed by atoms with Crippen LogP contribution in [-0.4, -0.2) is 55.3 Å². The number of hydrogen-bond donors (Lipinski definition) is 1. The van der Waals surface area contributed by atoms with E-state index in [1.165, 1.54) is 0 Å². The minimum atomic E-state index is -0.257. The Balaban J connectivity index is 1.97. The molecule has 0 aliphatic carbocycles. The number of carbonyl (C=O) groups excluding carboxylic acids is 2. The van der Waals surface area contributed by atoms with Gasteiger partial charge >= 0.3 is 0 Å². The first-order valence-electron chi connectivity index (χ1n) is 8.46. The molecule has 0 spiro atoms. The molecule has 0 aliphatic heterocycles. The summed E-state index contributed by atoms with van der Waals surface area (Å²) in [5.74, 6) is -0.356. The van der Waals surface area contributed by atoms with Gasteiger partial charge in [-0.3, -0.25) is 9.59 Å². The number of hydrogen-bond acceptors (Lipinski definition) is 3. The molecule has 5 nitrogen and oxygen atoms in total. The molecule has 0 unspecified atom stereocenters. The van der Waals surface area contributed by atoms with Crippen LogP contribution < -0.4 is 5.32 Å². The Labute approximate surface area is 163 Å². The number of nitrogens with zero attached hydrogens (tertiary/aromatic N) is 2. The lowest BCUT2D eigenvalue weighted by molar-refractivity contribution is -0.130. The molecule has 0 aromatic heterocycles. The second-order valence-electron chi connectivity index (χ2n) is 6.30. The minimum absolute atomic E-state index is 0.0222. The Morgan fingerprint density at radius 3 is 2.38 bits per heavy atom. The molecule has 6 heteroatoms. The molecule has 0 radical (unpaired) electrons. The number of likely N-dealkylation sites (N-methyl/N-ethyl adjacent to an activating group) is 1. The quantitative estimate of drug-likeness (QED) is 0.718. The monoisotopic (exact) mass is 417 g/mol. The van der Waals surface area contributed by atoms with Crippen molar-refractivity contribution in [3.05, 3.63) is 70.2 Å². The summed E-state index contributed by atoms with van der Waals surface area (Å²) in [7, 11) is 3.94. The molecule has 0 bridgehead atoms. The van der Waals surface area contributed by atoms with Crippen LogP contribution in [-0.2, 0) is 11.3 Å². The third kappa shape index (κ3) is 6.61. The molecule has 0 aliphatic rings. The zero-order chi connectivity index (χ0) is 18.9. The van der Waals surface area contributed by atoms with Crippen molar-refractivity contribution < 1.29 is 9.59 Å². The van der Waals surface area contributed by atoms with Crippen molar-refractivity contribution in [1.82, 2.24) is 15.1 Å². The molecular formula is C20H24BrN3O2. The zero-order valence-electron chi connectivity index (χ0n) is 15.1. The first kappa shape index (κ1) is 20.1. The first-order chi connectivity index (χ1) is 12.5. The summed E-state index contributed by atoms with van der Waals surface area (Å²) in [6.45, 7) is 1.87. The molecule has 138 valence electrons. The highest BCUT2D eigenvalue weighted by atomic mass is 79.9. The lowest BCUT2D eigenvalue weighted by atomic mass is 10.2. The van der Waals surface area contributed by atoms with E-state index in [4.69, 9.17) is 0 Å². The van der Waals surface area contributed by atoms with Gasteiger partial charge in [-0.25, -0.2) is 0 Å². The molecule has 1 N–H and O–H groups in total. The van der Waals surface area contributed by atoms with E-state index >= 15 is 0 Å². The van der Waals surface area contributed by atoms with Gasteiger partial charge in [-0.15, -0.1) is 0 Å². The highest BCUT2D eigenvalue weighted by Gasteiger charge is 2.16. The first-order valence-corrected chi connectivity index (χ1v) is 9.25. The van der Waals surface area contributed by atoms with Crippen molar-refractivity contribution in [2.45, 2.75) is 6.54 Å². The fraction of sp³-hybridized carbons (Fsp3) is 0.300. The van der Waals surface area contributed by atoms with E-state index in [-0.39, 0.29) is 18.4 Å². The molecule has 0 heterocycles. The second-order valence-corrected chi connectivity index (χ2v) is 7.21. The molecule has 0 atom stereocenters. The summed E-state index contributed by atoms with van der Waals surface area (Å²) >= 11 is 3.35. The van der Waals surface area contributed by atoms with Gasteiger partial charge in [-0.2, -0.15) is 0 Å². The minimum Gasteiger partial charge on any atom is -0.343 e. The van der Waals surface area contributed by atoms with Crippen molar-refractivity contribution in [1.29, 1.82) is 0 Å². The Morgan fingerprint density at radius 2 is 1.73 bits per heavy atom. The van der Waals surface area contributed by atoms with E-state index in [2.05, 4.69) is 21.2 Å². The molecule has 0 saturated heterocycles. The fourth-order valence-electron chi connectivity index (χ4n) is 2.42. The van der Waals surface area contributed by atoms with Gasteiger partial charge < -0.3 is 15.1 Å². The summed E-state index contributed by atoms with van der Waals surface area (Å²) < 4.78 is 0.827. The van der Waals surface area contributed by atoms with Crippen LogP contribution in [0.25, 0.3) is 0 Å². The topological polar surface area (TPSA) is 52.6 Å².